The van der Waals surface area contributed by atoms with Gasteiger partial charge in [0.25, 0.3) is 0 Å². The Morgan fingerprint density at radius 1 is 1.24 bits per heavy atom. The second kappa shape index (κ2) is 4.97. The molecule has 0 saturated carbocycles. The lowest BCUT2D eigenvalue weighted by atomic mass is 10.3. The highest BCUT2D eigenvalue weighted by atomic mass is 32.2. The van der Waals surface area contributed by atoms with Crippen LogP contribution in [0.25, 0.3) is 0 Å². The standard InChI is InChI=1S/C12H13N3OS/c1-15(10-5-4-8-14-9-10)17(16)12-7-3-2-6-11(12)13/h2-9H,13H2,1H3. The van der Waals surface area contributed by atoms with Gasteiger partial charge in [0.2, 0.25) is 0 Å². The summed E-state index contributed by atoms with van der Waals surface area (Å²) in [6.45, 7) is 0. The number of nitrogen functional groups attached to an aromatic ring is 1. The van der Waals surface area contributed by atoms with E-state index in [0.717, 1.165) is 5.69 Å². The van der Waals surface area contributed by atoms with Crippen molar-refractivity contribution in [2.45, 2.75) is 4.90 Å². The van der Waals surface area contributed by atoms with E-state index in [9.17, 15) is 4.21 Å². The fraction of sp³-hybridized carbons (Fsp3) is 0.0833. The number of para-hydroxylation sites is 1. The molecule has 0 aliphatic heterocycles. The smallest absolute Gasteiger partial charge is 0.154 e. The number of hydrogen-bond donors (Lipinski definition) is 1. The quantitative estimate of drug-likeness (QED) is 0.842. The summed E-state index contributed by atoms with van der Waals surface area (Å²) in [7, 11) is 0.427. The summed E-state index contributed by atoms with van der Waals surface area (Å²) in [6, 6.07) is 10.8. The summed E-state index contributed by atoms with van der Waals surface area (Å²) < 4.78 is 13.9. The molecule has 0 bridgehead atoms. The van der Waals surface area contributed by atoms with Crippen molar-refractivity contribution in [3.05, 3.63) is 48.8 Å². The molecule has 1 aromatic carbocycles. The van der Waals surface area contributed by atoms with E-state index >= 15 is 0 Å². The van der Waals surface area contributed by atoms with Crippen molar-refractivity contribution in [1.82, 2.24) is 4.98 Å². The van der Waals surface area contributed by atoms with Gasteiger partial charge < -0.3 is 5.73 Å². The largest absolute Gasteiger partial charge is 0.398 e. The average molecular weight is 247 g/mol. The molecule has 88 valence electrons. The highest BCUT2D eigenvalue weighted by Gasteiger charge is 2.13. The molecule has 0 saturated heterocycles. The number of nitrogens with zero attached hydrogens (tertiary/aromatic N) is 2. The molecule has 1 unspecified atom stereocenters. The van der Waals surface area contributed by atoms with Crippen LogP contribution in [-0.2, 0) is 11.0 Å². The fourth-order valence-electron chi connectivity index (χ4n) is 1.42. The summed E-state index contributed by atoms with van der Waals surface area (Å²) in [6.07, 6.45) is 3.34. The van der Waals surface area contributed by atoms with Crippen molar-refractivity contribution in [1.29, 1.82) is 0 Å². The molecule has 2 N–H and O–H groups in total. The van der Waals surface area contributed by atoms with Crippen LogP contribution in [-0.4, -0.2) is 16.2 Å². The third-order valence-electron chi connectivity index (χ3n) is 2.37. The van der Waals surface area contributed by atoms with Crippen molar-refractivity contribution in [3.8, 4) is 0 Å². The van der Waals surface area contributed by atoms with Gasteiger partial charge in [0.1, 0.15) is 0 Å². The molecule has 2 aromatic rings. The molecule has 1 atom stereocenters. The van der Waals surface area contributed by atoms with Crippen LogP contribution in [0.15, 0.2) is 53.7 Å². The SMILES string of the molecule is CN(c1cccnc1)S(=O)c1ccccc1N. The minimum absolute atomic E-state index is 0.529. The predicted octanol–water partition coefficient (Wildman–Crippen LogP) is 1.82. The molecule has 0 spiro atoms. The summed E-state index contributed by atoms with van der Waals surface area (Å²) in [5.41, 5.74) is 7.12. The Morgan fingerprint density at radius 3 is 2.65 bits per heavy atom. The Kier molecular flexibility index (Phi) is 3.39. The third kappa shape index (κ3) is 2.45. The number of hydrogen-bond acceptors (Lipinski definition) is 3. The molecule has 1 heterocycles. The molecular formula is C12H13N3OS. The fourth-order valence-corrected chi connectivity index (χ4v) is 2.48. The van der Waals surface area contributed by atoms with Gasteiger partial charge in [-0.05, 0) is 24.3 Å². The van der Waals surface area contributed by atoms with Gasteiger partial charge in [-0.25, -0.2) is 4.21 Å². The van der Waals surface area contributed by atoms with Crippen molar-refractivity contribution in [2.24, 2.45) is 0 Å². The Bertz CT molecular complexity index is 530. The van der Waals surface area contributed by atoms with Crippen LogP contribution in [0, 0.1) is 0 Å². The van der Waals surface area contributed by atoms with Gasteiger partial charge in [0, 0.05) is 18.9 Å². The predicted molar refractivity (Wildman–Crippen MR) is 69.9 cm³/mol. The van der Waals surface area contributed by atoms with Gasteiger partial charge in [0.15, 0.2) is 11.0 Å². The Balaban J connectivity index is 2.30. The average Bonchev–Trinajstić information content (AvgIpc) is 2.39. The van der Waals surface area contributed by atoms with E-state index in [1.807, 2.05) is 18.2 Å². The highest BCUT2D eigenvalue weighted by molar-refractivity contribution is 7.86. The van der Waals surface area contributed by atoms with E-state index in [-0.39, 0.29) is 0 Å². The number of pyridine rings is 1. The lowest BCUT2D eigenvalue weighted by Crippen LogP contribution is -2.21. The summed E-state index contributed by atoms with van der Waals surface area (Å²) in [5, 5.41) is 0. The van der Waals surface area contributed by atoms with Crippen LogP contribution in [0.3, 0.4) is 0 Å². The molecule has 5 heteroatoms. The summed E-state index contributed by atoms with van der Waals surface area (Å²) >= 11 is 0. The van der Waals surface area contributed by atoms with E-state index in [2.05, 4.69) is 4.98 Å². The van der Waals surface area contributed by atoms with Crippen LogP contribution in [0.1, 0.15) is 0 Å². The second-order valence-corrected chi connectivity index (χ2v) is 4.98. The van der Waals surface area contributed by atoms with Crippen molar-refractivity contribution < 1.29 is 4.21 Å². The molecule has 0 aliphatic rings. The normalized spacial score (nSPS) is 12.1. The summed E-state index contributed by atoms with van der Waals surface area (Å²) in [5.74, 6) is 0. The van der Waals surface area contributed by atoms with Crippen LogP contribution in [0.2, 0.25) is 0 Å². The van der Waals surface area contributed by atoms with Gasteiger partial charge in [-0.3, -0.25) is 9.29 Å². The first kappa shape index (κ1) is 11.6. The van der Waals surface area contributed by atoms with Crippen LogP contribution < -0.4 is 10.0 Å². The maximum absolute atomic E-state index is 12.3. The molecule has 0 radical (unpaired) electrons. The van der Waals surface area contributed by atoms with Gasteiger partial charge in [-0.15, -0.1) is 0 Å². The van der Waals surface area contributed by atoms with E-state index < -0.39 is 11.0 Å². The zero-order valence-corrected chi connectivity index (χ0v) is 10.2. The van der Waals surface area contributed by atoms with Crippen LogP contribution >= 0.6 is 0 Å². The molecule has 0 fully saturated rings. The van der Waals surface area contributed by atoms with E-state index in [4.69, 9.17) is 5.73 Å². The van der Waals surface area contributed by atoms with Crippen molar-refractivity contribution in [2.75, 3.05) is 17.1 Å². The Morgan fingerprint density at radius 2 is 2.00 bits per heavy atom. The Labute approximate surface area is 103 Å². The molecule has 0 amide bonds. The number of aromatic nitrogens is 1. The van der Waals surface area contributed by atoms with Gasteiger partial charge in [-0.2, -0.15) is 0 Å². The second-order valence-electron chi connectivity index (χ2n) is 3.50. The maximum atomic E-state index is 12.3. The lowest BCUT2D eigenvalue weighted by Gasteiger charge is -2.18. The van der Waals surface area contributed by atoms with E-state index in [1.165, 1.54) is 0 Å². The molecule has 17 heavy (non-hydrogen) atoms. The minimum Gasteiger partial charge on any atom is -0.398 e. The Hall–Kier alpha value is -1.88. The van der Waals surface area contributed by atoms with Crippen LogP contribution in [0.4, 0.5) is 11.4 Å². The molecule has 4 nitrogen and oxygen atoms in total. The van der Waals surface area contributed by atoms with Gasteiger partial charge in [0.05, 0.1) is 16.8 Å². The number of anilines is 2. The minimum atomic E-state index is -1.32. The van der Waals surface area contributed by atoms with Gasteiger partial charge >= 0.3 is 0 Å². The first-order valence-electron chi connectivity index (χ1n) is 5.10. The van der Waals surface area contributed by atoms with Crippen molar-refractivity contribution in [3.63, 3.8) is 0 Å². The number of benzene rings is 1. The van der Waals surface area contributed by atoms with Crippen LogP contribution in [0.5, 0.6) is 0 Å². The topological polar surface area (TPSA) is 59.2 Å². The first-order valence-corrected chi connectivity index (χ1v) is 6.21. The van der Waals surface area contributed by atoms with E-state index in [0.29, 0.717) is 10.6 Å². The monoisotopic (exact) mass is 247 g/mol. The zero-order chi connectivity index (χ0) is 12.3. The zero-order valence-electron chi connectivity index (χ0n) is 9.41. The maximum Gasteiger partial charge on any atom is 0.154 e. The summed E-state index contributed by atoms with van der Waals surface area (Å²) in [4.78, 5) is 4.61. The first-order chi connectivity index (χ1) is 8.20. The number of nitrogens with two attached hydrogens (primary N) is 1. The highest BCUT2D eigenvalue weighted by Crippen LogP contribution is 2.21. The molecule has 2 rings (SSSR count). The third-order valence-corrected chi connectivity index (χ3v) is 3.82. The van der Waals surface area contributed by atoms with Crippen molar-refractivity contribution >= 4 is 22.4 Å². The van der Waals surface area contributed by atoms with E-state index in [1.54, 1.807) is 41.9 Å². The van der Waals surface area contributed by atoms with Gasteiger partial charge in [-0.1, -0.05) is 12.1 Å². The molecule has 1 aromatic heterocycles. The molecule has 0 aliphatic carbocycles. The lowest BCUT2D eigenvalue weighted by molar-refractivity contribution is 0.682. The number of rotatable bonds is 3. The molecular weight excluding hydrogens is 234 g/mol.